The van der Waals surface area contributed by atoms with E-state index in [4.69, 9.17) is 5.21 Å². The van der Waals surface area contributed by atoms with E-state index in [-0.39, 0.29) is 0 Å². The summed E-state index contributed by atoms with van der Waals surface area (Å²) in [4.78, 5) is 0. The molecule has 0 radical (unpaired) electrons. The molecule has 2 nitrogen and oxygen atoms in total. The van der Waals surface area contributed by atoms with Gasteiger partial charge < -0.3 is 5.21 Å². The van der Waals surface area contributed by atoms with Gasteiger partial charge in [-0.2, -0.15) is 0 Å². The van der Waals surface area contributed by atoms with Gasteiger partial charge in [0.25, 0.3) is 0 Å². The number of oxime groups is 1. The minimum absolute atomic E-state index is 0.529. The summed E-state index contributed by atoms with van der Waals surface area (Å²) in [6, 6.07) is 0. The van der Waals surface area contributed by atoms with Crippen LogP contribution in [-0.4, -0.2) is 10.9 Å². The molecule has 4 rings (SSSR count). The van der Waals surface area contributed by atoms with E-state index in [0.29, 0.717) is 10.8 Å². The number of hydrogen-bond acceptors (Lipinski definition) is 2. The molecule has 4 fully saturated rings. The van der Waals surface area contributed by atoms with Gasteiger partial charge in [-0.15, -0.1) is 0 Å². The molecule has 1 N–H and O–H groups in total. The number of hydrogen-bond donors (Lipinski definition) is 1. The van der Waals surface area contributed by atoms with Gasteiger partial charge >= 0.3 is 0 Å². The number of fused-ring (bicyclic) bond motifs is 5. The summed E-state index contributed by atoms with van der Waals surface area (Å²) < 4.78 is 0. The fraction of sp³-hybridized carbons (Fsp3) is 0.947. The van der Waals surface area contributed by atoms with Crippen LogP contribution in [0.4, 0.5) is 0 Å². The summed E-state index contributed by atoms with van der Waals surface area (Å²) in [5.74, 6) is 3.75. The lowest BCUT2D eigenvalue weighted by molar-refractivity contribution is -0.0921. The molecule has 0 amide bonds. The van der Waals surface area contributed by atoms with Gasteiger partial charge in [0.2, 0.25) is 0 Å². The summed E-state index contributed by atoms with van der Waals surface area (Å²) in [6.45, 7) is 5.17. The van der Waals surface area contributed by atoms with E-state index in [1.54, 1.807) is 0 Å². The second kappa shape index (κ2) is 4.73. The quantitative estimate of drug-likeness (QED) is 0.479. The van der Waals surface area contributed by atoms with Gasteiger partial charge in [-0.25, -0.2) is 0 Å². The minimum atomic E-state index is 0.529. The van der Waals surface area contributed by atoms with Crippen LogP contribution in [0.5, 0.6) is 0 Å². The van der Waals surface area contributed by atoms with Crippen molar-refractivity contribution in [1.82, 2.24) is 0 Å². The van der Waals surface area contributed by atoms with Crippen molar-refractivity contribution < 1.29 is 5.21 Å². The van der Waals surface area contributed by atoms with Crippen molar-refractivity contribution in [2.24, 2.45) is 39.7 Å². The molecule has 0 heterocycles. The molecule has 0 aromatic rings. The van der Waals surface area contributed by atoms with Gasteiger partial charge in [0.15, 0.2) is 0 Å². The molecular formula is C19H31NO. The Labute approximate surface area is 129 Å². The zero-order valence-corrected chi connectivity index (χ0v) is 13.8. The highest BCUT2D eigenvalue weighted by Crippen LogP contribution is 2.65. The standard InChI is InChI=1S/C19H31NO/c1-18-9-3-4-16(18)15-6-5-13-12-14(20-21)7-11-19(13,2)17(15)8-10-18/h13,15-17,21H,3-12H2,1-2H3/b20-14+. The largest absolute Gasteiger partial charge is 0.411 e. The van der Waals surface area contributed by atoms with Gasteiger partial charge in [-0.05, 0) is 92.3 Å². The van der Waals surface area contributed by atoms with Crippen molar-refractivity contribution in [2.75, 3.05) is 0 Å². The Kier molecular flexibility index (Phi) is 3.17. The Morgan fingerprint density at radius 3 is 2.67 bits per heavy atom. The Hall–Kier alpha value is -0.530. The zero-order chi connectivity index (χ0) is 14.7. The first-order valence-electron chi connectivity index (χ1n) is 9.27. The van der Waals surface area contributed by atoms with Gasteiger partial charge in [0.05, 0.1) is 5.71 Å². The third-order valence-corrected chi connectivity index (χ3v) is 8.42. The summed E-state index contributed by atoms with van der Waals surface area (Å²) in [7, 11) is 0. The highest BCUT2D eigenvalue weighted by atomic mass is 16.4. The van der Waals surface area contributed by atoms with Crippen molar-refractivity contribution >= 4 is 5.71 Å². The SMILES string of the molecule is CC12CCCC1C1CCC3C/C(=N/O)CCC3(C)C1CC2. The molecule has 4 aliphatic rings. The maximum Gasteiger partial charge on any atom is 0.0574 e. The van der Waals surface area contributed by atoms with Crippen LogP contribution in [0.1, 0.15) is 78.1 Å². The third kappa shape index (κ3) is 1.93. The number of nitrogens with zero attached hydrogens (tertiary/aromatic N) is 1. The van der Waals surface area contributed by atoms with Crippen LogP contribution < -0.4 is 0 Å². The van der Waals surface area contributed by atoms with Crippen molar-refractivity contribution in [3.8, 4) is 0 Å². The predicted octanol–water partition coefficient (Wildman–Crippen LogP) is 5.25. The highest BCUT2D eigenvalue weighted by molar-refractivity contribution is 5.85. The molecule has 0 saturated heterocycles. The van der Waals surface area contributed by atoms with Gasteiger partial charge in [-0.3, -0.25) is 0 Å². The summed E-state index contributed by atoms with van der Waals surface area (Å²) in [5.41, 5.74) is 2.27. The average molecular weight is 289 g/mol. The molecule has 118 valence electrons. The minimum Gasteiger partial charge on any atom is -0.411 e. The molecule has 2 heteroatoms. The monoisotopic (exact) mass is 289 g/mol. The highest BCUT2D eigenvalue weighted by Gasteiger charge is 2.57. The lowest BCUT2D eigenvalue weighted by Crippen LogP contribution is -2.52. The van der Waals surface area contributed by atoms with Gasteiger partial charge in [0, 0.05) is 0 Å². The van der Waals surface area contributed by atoms with Crippen molar-refractivity contribution in [2.45, 2.75) is 78.1 Å². The smallest absolute Gasteiger partial charge is 0.0574 e. The molecule has 0 aromatic carbocycles. The third-order valence-electron chi connectivity index (χ3n) is 8.42. The van der Waals surface area contributed by atoms with E-state index in [1.165, 1.54) is 51.4 Å². The van der Waals surface area contributed by atoms with E-state index in [0.717, 1.165) is 42.2 Å². The van der Waals surface area contributed by atoms with Crippen LogP contribution in [0.25, 0.3) is 0 Å². The maximum atomic E-state index is 9.14. The molecule has 6 atom stereocenters. The fourth-order valence-electron chi connectivity index (χ4n) is 7.14. The first-order valence-corrected chi connectivity index (χ1v) is 9.27. The predicted molar refractivity (Wildman–Crippen MR) is 85.6 cm³/mol. The lowest BCUT2D eigenvalue weighted by atomic mass is 9.45. The van der Waals surface area contributed by atoms with Crippen LogP contribution >= 0.6 is 0 Å². The van der Waals surface area contributed by atoms with Crippen molar-refractivity contribution in [1.29, 1.82) is 0 Å². The second-order valence-electron chi connectivity index (χ2n) is 9.11. The Morgan fingerprint density at radius 2 is 1.86 bits per heavy atom. The van der Waals surface area contributed by atoms with E-state index in [1.807, 2.05) is 0 Å². The Morgan fingerprint density at radius 1 is 1.00 bits per heavy atom. The molecule has 21 heavy (non-hydrogen) atoms. The van der Waals surface area contributed by atoms with Crippen LogP contribution in [0.2, 0.25) is 0 Å². The molecule has 0 spiro atoms. The van der Waals surface area contributed by atoms with Crippen LogP contribution in [0.3, 0.4) is 0 Å². The van der Waals surface area contributed by atoms with Crippen LogP contribution in [0, 0.1) is 34.5 Å². The average Bonchev–Trinajstić information content (AvgIpc) is 2.88. The molecule has 4 saturated carbocycles. The summed E-state index contributed by atoms with van der Waals surface area (Å²) in [6.07, 6.45) is 13.6. The first kappa shape index (κ1) is 14.1. The van der Waals surface area contributed by atoms with Gasteiger partial charge in [-0.1, -0.05) is 25.4 Å². The first-order chi connectivity index (χ1) is 10.1. The maximum absolute atomic E-state index is 9.14. The molecule has 0 aromatic heterocycles. The van der Waals surface area contributed by atoms with Crippen molar-refractivity contribution in [3.63, 3.8) is 0 Å². The molecule has 4 aliphatic carbocycles. The summed E-state index contributed by atoms with van der Waals surface area (Å²) in [5, 5.41) is 12.7. The van der Waals surface area contributed by atoms with E-state index < -0.39 is 0 Å². The Bertz CT molecular complexity index is 458. The van der Waals surface area contributed by atoms with E-state index in [2.05, 4.69) is 19.0 Å². The Balaban J connectivity index is 1.61. The summed E-state index contributed by atoms with van der Waals surface area (Å²) >= 11 is 0. The molecular weight excluding hydrogens is 258 g/mol. The second-order valence-corrected chi connectivity index (χ2v) is 9.11. The topological polar surface area (TPSA) is 32.6 Å². The molecule has 0 bridgehead atoms. The molecule has 6 unspecified atom stereocenters. The zero-order valence-electron chi connectivity index (χ0n) is 13.8. The fourth-order valence-corrected chi connectivity index (χ4v) is 7.14. The molecule has 0 aliphatic heterocycles. The van der Waals surface area contributed by atoms with Crippen LogP contribution in [0.15, 0.2) is 5.16 Å². The van der Waals surface area contributed by atoms with Gasteiger partial charge in [0.1, 0.15) is 0 Å². The lowest BCUT2D eigenvalue weighted by Gasteiger charge is -2.60. The number of rotatable bonds is 0. The normalized spacial score (nSPS) is 54.9. The van der Waals surface area contributed by atoms with Crippen molar-refractivity contribution in [3.05, 3.63) is 0 Å². The van der Waals surface area contributed by atoms with E-state index in [9.17, 15) is 0 Å². The van der Waals surface area contributed by atoms with E-state index >= 15 is 0 Å². The van der Waals surface area contributed by atoms with Crippen LogP contribution in [-0.2, 0) is 0 Å².